The average molecular weight is 806 g/mol. The summed E-state index contributed by atoms with van der Waals surface area (Å²) in [6, 6.07) is 7.50. The van der Waals surface area contributed by atoms with Gasteiger partial charge in [-0.25, -0.2) is 4.98 Å². The number of aryl methyl sites for hydroxylation is 4. The molecule has 0 aliphatic carbocycles. The van der Waals surface area contributed by atoms with Gasteiger partial charge in [0.25, 0.3) is 0 Å². The molecule has 0 bridgehead atoms. The molecule has 3 heterocycles. The van der Waals surface area contributed by atoms with Crippen LogP contribution in [0.2, 0.25) is 5.28 Å². The standard InChI is InChI=1S/C42H52ClN5O9/c1-21-12-23(3)34(29(14-21)55-26(6)49)41(8,9)17-32(51)45-38-36-39(47-40(43)46-38)48(20-44-36)19-28-16-31(37(53)25(5)54-28)57-33(52)18-42(10,11)35-24(4)13-22(2)15-30(35)56-27(7)50/h12-15,20,25,28,31,37,53H,16-19H2,1-11H3,(H,45,46,47,51)/t25?,28-,31+,37?/m1/s1. The SMILES string of the molecule is CC(=O)Oc1cc(C)cc(C)c1C(C)(C)CC(=O)Nc1nc(Cl)nc2c1ncn2C[C@H]1C[C@H](OC(=O)CC(C)(C)c2c(C)cc(C)cc2OC(C)=O)C(O)C(C)O1. The minimum Gasteiger partial charge on any atom is -0.459 e. The first-order chi connectivity index (χ1) is 26.5. The lowest BCUT2D eigenvalue weighted by Gasteiger charge is -2.38. The molecule has 1 aliphatic heterocycles. The highest BCUT2D eigenvalue weighted by Gasteiger charge is 2.40. The number of amides is 1. The van der Waals surface area contributed by atoms with Crippen LogP contribution in [0.5, 0.6) is 11.5 Å². The lowest BCUT2D eigenvalue weighted by atomic mass is 9.78. The van der Waals surface area contributed by atoms with E-state index in [-0.39, 0.29) is 42.8 Å². The van der Waals surface area contributed by atoms with Crippen LogP contribution in [0, 0.1) is 27.7 Å². The molecule has 4 aromatic rings. The molecule has 0 radical (unpaired) electrons. The van der Waals surface area contributed by atoms with Crippen LogP contribution in [0.4, 0.5) is 5.82 Å². The number of carbonyl (C=O) groups excluding carboxylic acids is 4. The van der Waals surface area contributed by atoms with E-state index in [1.807, 2.05) is 67.5 Å². The van der Waals surface area contributed by atoms with Gasteiger partial charge in [0.15, 0.2) is 17.0 Å². The molecule has 2 aromatic heterocycles. The van der Waals surface area contributed by atoms with Crippen molar-refractivity contribution in [3.05, 3.63) is 69.3 Å². The molecule has 1 saturated heterocycles. The minimum atomic E-state index is -1.08. The molecule has 5 rings (SSSR count). The molecule has 1 fully saturated rings. The smallest absolute Gasteiger partial charge is 0.308 e. The zero-order valence-electron chi connectivity index (χ0n) is 34.4. The largest absolute Gasteiger partial charge is 0.459 e. The van der Waals surface area contributed by atoms with Crippen LogP contribution >= 0.6 is 11.6 Å². The fourth-order valence-electron chi connectivity index (χ4n) is 8.12. The Balaban J connectivity index is 1.30. The maximum Gasteiger partial charge on any atom is 0.308 e. The van der Waals surface area contributed by atoms with Crippen LogP contribution < -0.4 is 14.8 Å². The van der Waals surface area contributed by atoms with E-state index in [1.165, 1.54) is 20.2 Å². The van der Waals surface area contributed by atoms with E-state index in [9.17, 15) is 24.3 Å². The first-order valence-electron chi connectivity index (χ1n) is 18.9. The summed E-state index contributed by atoms with van der Waals surface area (Å²) in [6.45, 7) is 19.8. The third kappa shape index (κ3) is 10.2. The molecule has 15 heteroatoms. The number of aromatic nitrogens is 4. The van der Waals surface area contributed by atoms with E-state index in [0.29, 0.717) is 22.7 Å². The molecule has 2 unspecified atom stereocenters. The Hall–Kier alpha value is -4.92. The number of aliphatic hydroxyl groups excluding tert-OH is 1. The number of nitrogens with zero attached hydrogens (tertiary/aromatic N) is 4. The highest BCUT2D eigenvalue weighted by molar-refractivity contribution is 6.28. The van der Waals surface area contributed by atoms with Crippen molar-refractivity contribution in [1.29, 1.82) is 0 Å². The Labute approximate surface area is 337 Å². The molecule has 306 valence electrons. The van der Waals surface area contributed by atoms with Gasteiger partial charge in [0.05, 0.1) is 31.5 Å². The second kappa shape index (κ2) is 16.9. The number of esters is 3. The molecule has 1 amide bonds. The fourth-order valence-corrected chi connectivity index (χ4v) is 8.29. The van der Waals surface area contributed by atoms with Crippen LogP contribution in [0.1, 0.15) is 101 Å². The van der Waals surface area contributed by atoms with Gasteiger partial charge in [-0.05, 0) is 80.6 Å². The highest BCUT2D eigenvalue weighted by atomic mass is 35.5. The monoisotopic (exact) mass is 805 g/mol. The number of carbonyl (C=O) groups is 4. The Morgan fingerprint density at radius 3 is 1.98 bits per heavy atom. The summed E-state index contributed by atoms with van der Waals surface area (Å²) in [5.41, 5.74) is 4.18. The molecule has 2 aromatic carbocycles. The molecular formula is C42H52ClN5O9. The van der Waals surface area contributed by atoms with E-state index in [0.717, 1.165) is 33.4 Å². The molecule has 14 nitrogen and oxygen atoms in total. The quantitative estimate of drug-likeness (QED) is 0.0881. The van der Waals surface area contributed by atoms with Gasteiger partial charge in [0.1, 0.15) is 23.7 Å². The summed E-state index contributed by atoms with van der Waals surface area (Å²) >= 11 is 6.37. The van der Waals surface area contributed by atoms with E-state index < -0.39 is 53.2 Å². The summed E-state index contributed by atoms with van der Waals surface area (Å²) < 4.78 is 24.8. The molecular weight excluding hydrogens is 754 g/mol. The van der Waals surface area contributed by atoms with Crippen molar-refractivity contribution in [2.45, 2.75) is 137 Å². The second-order valence-electron chi connectivity index (χ2n) is 16.4. The van der Waals surface area contributed by atoms with Gasteiger partial charge in [-0.15, -0.1) is 0 Å². The summed E-state index contributed by atoms with van der Waals surface area (Å²) in [4.78, 5) is 64.0. The summed E-state index contributed by atoms with van der Waals surface area (Å²) in [6.07, 6.45) is -1.48. The molecule has 57 heavy (non-hydrogen) atoms. The highest BCUT2D eigenvalue weighted by Crippen LogP contribution is 2.40. The van der Waals surface area contributed by atoms with Gasteiger partial charge in [-0.3, -0.25) is 19.2 Å². The number of nitrogens with one attached hydrogen (secondary N) is 1. The number of halogens is 1. The molecule has 2 N–H and O–H groups in total. The first-order valence-corrected chi connectivity index (χ1v) is 19.2. The number of aliphatic hydroxyl groups is 1. The van der Waals surface area contributed by atoms with Crippen molar-refractivity contribution < 1.29 is 43.2 Å². The van der Waals surface area contributed by atoms with E-state index in [1.54, 1.807) is 23.6 Å². The van der Waals surface area contributed by atoms with Gasteiger partial charge in [-0.1, -0.05) is 39.8 Å². The van der Waals surface area contributed by atoms with Crippen LogP contribution in [0.3, 0.4) is 0 Å². The minimum absolute atomic E-state index is 0.0143. The normalized spacial score (nSPS) is 18.6. The number of anilines is 1. The first kappa shape index (κ1) is 43.2. The number of rotatable bonds is 12. The van der Waals surface area contributed by atoms with Gasteiger partial charge in [-0.2, -0.15) is 9.97 Å². The van der Waals surface area contributed by atoms with Gasteiger partial charge in [0.2, 0.25) is 11.2 Å². The van der Waals surface area contributed by atoms with Gasteiger partial charge >= 0.3 is 17.9 Å². The third-order valence-corrected chi connectivity index (χ3v) is 10.2. The average Bonchev–Trinajstić information content (AvgIpc) is 3.43. The number of ether oxygens (including phenoxy) is 4. The Kier molecular flexibility index (Phi) is 12.8. The van der Waals surface area contributed by atoms with Crippen molar-refractivity contribution in [2.24, 2.45) is 0 Å². The van der Waals surface area contributed by atoms with Crippen molar-refractivity contribution in [2.75, 3.05) is 5.32 Å². The fraction of sp³-hybridized carbons (Fsp3) is 0.500. The Morgan fingerprint density at radius 2 is 1.44 bits per heavy atom. The number of benzene rings is 2. The van der Waals surface area contributed by atoms with E-state index >= 15 is 0 Å². The van der Waals surface area contributed by atoms with Crippen LogP contribution in [-0.2, 0) is 46.0 Å². The maximum absolute atomic E-state index is 13.6. The van der Waals surface area contributed by atoms with Gasteiger partial charge < -0.3 is 33.9 Å². The van der Waals surface area contributed by atoms with Crippen molar-refractivity contribution in [3.63, 3.8) is 0 Å². The zero-order valence-corrected chi connectivity index (χ0v) is 35.2. The van der Waals surface area contributed by atoms with Crippen molar-refractivity contribution in [3.8, 4) is 11.5 Å². The van der Waals surface area contributed by atoms with Crippen molar-refractivity contribution >= 4 is 52.4 Å². The molecule has 0 spiro atoms. The van der Waals surface area contributed by atoms with E-state index in [2.05, 4.69) is 20.3 Å². The number of imidazole rings is 1. The lowest BCUT2D eigenvalue weighted by molar-refractivity contribution is -0.191. The molecule has 0 saturated carbocycles. The number of fused-ring (bicyclic) bond motifs is 1. The van der Waals surface area contributed by atoms with Crippen LogP contribution in [-0.4, -0.2) is 72.9 Å². The topological polar surface area (TPSA) is 181 Å². The lowest BCUT2D eigenvalue weighted by Crippen LogP contribution is -2.50. The van der Waals surface area contributed by atoms with Crippen LogP contribution in [0.25, 0.3) is 11.2 Å². The Bertz CT molecular complexity index is 2220. The number of hydrogen-bond donors (Lipinski definition) is 2. The van der Waals surface area contributed by atoms with Crippen molar-refractivity contribution in [1.82, 2.24) is 19.5 Å². The predicted molar refractivity (Wildman–Crippen MR) is 214 cm³/mol. The second-order valence-corrected chi connectivity index (χ2v) is 16.7. The summed E-state index contributed by atoms with van der Waals surface area (Å²) in [7, 11) is 0. The zero-order chi connectivity index (χ0) is 42.1. The van der Waals surface area contributed by atoms with Gasteiger partial charge in [0, 0.05) is 48.6 Å². The van der Waals surface area contributed by atoms with E-state index in [4.69, 9.17) is 30.5 Å². The van der Waals surface area contributed by atoms with Crippen LogP contribution in [0.15, 0.2) is 30.6 Å². The Morgan fingerprint density at radius 1 is 0.895 bits per heavy atom. The number of hydrogen-bond acceptors (Lipinski definition) is 12. The molecule has 4 atom stereocenters. The maximum atomic E-state index is 13.6. The summed E-state index contributed by atoms with van der Waals surface area (Å²) in [5, 5.41) is 13.8. The molecule has 1 aliphatic rings. The summed E-state index contributed by atoms with van der Waals surface area (Å²) in [5.74, 6) is -0.894. The third-order valence-electron chi connectivity index (χ3n) is 10.1. The predicted octanol–water partition coefficient (Wildman–Crippen LogP) is 6.69.